The Labute approximate surface area is 179 Å². The van der Waals surface area contributed by atoms with Crippen LogP contribution in [0.4, 0.5) is 0 Å². The fourth-order valence-corrected chi connectivity index (χ4v) is 4.93. The van der Waals surface area contributed by atoms with E-state index in [0.717, 1.165) is 17.9 Å². The second kappa shape index (κ2) is 8.04. The van der Waals surface area contributed by atoms with Crippen molar-refractivity contribution in [1.29, 1.82) is 0 Å². The molecule has 1 aromatic carbocycles. The van der Waals surface area contributed by atoms with E-state index in [9.17, 15) is 5.11 Å². The highest BCUT2D eigenvalue weighted by Crippen LogP contribution is 2.49. The molecule has 0 aliphatic carbocycles. The van der Waals surface area contributed by atoms with E-state index in [1.54, 1.807) is 0 Å². The molecule has 0 radical (unpaired) electrons. The van der Waals surface area contributed by atoms with Crippen LogP contribution in [0.2, 0.25) is 0 Å². The Morgan fingerprint density at radius 1 is 1.07 bits per heavy atom. The molecule has 3 atom stereocenters. The van der Waals surface area contributed by atoms with Gasteiger partial charge in [-0.3, -0.25) is 4.84 Å². The average Bonchev–Trinajstić information content (AvgIpc) is 3.43. The van der Waals surface area contributed by atoms with Crippen LogP contribution in [0.5, 0.6) is 5.75 Å². The minimum absolute atomic E-state index is 0.0206. The molecule has 1 spiro atoms. The Bertz CT molecular complexity index is 712. The summed E-state index contributed by atoms with van der Waals surface area (Å²) in [5, 5.41) is 11.6. The predicted octanol–water partition coefficient (Wildman–Crippen LogP) is 3.21. The van der Waals surface area contributed by atoms with Crippen LogP contribution >= 0.6 is 0 Å². The summed E-state index contributed by atoms with van der Waals surface area (Å²) in [6, 6.07) is 8.06. The monoisotopic (exact) mass is 421 g/mol. The zero-order valence-corrected chi connectivity index (χ0v) is 18.7. The van der Waals surface area contributed by atoms with Gasteiger partial charge in [0.1, 0.15) is 30.7 Å². The maximum atomic E-state index is 9.47. The molecular weight excluding hydrogens is 386 g/mol. The number of epoxide rings is 1. The van der Waals surface area contributed by atoms with Gasteiger partial charge in [0.25, 0.3) is 0 Å². The van der Waals surface area contributed by atoms with Crippen LogP contribution in [-0.4, -0.2) is 65.7 Å². The van der Waals surface area contributed by atoms with Crippen molar-refractivity contribution < 1.29 is 28.9 Å². The van der Waals surface area contributed by atoms with E-state index >= 15 is 0 Å². The van der Waals surface area contributed by atoms with Crippen molar-refractivity contribution in [3.8, 4) is 5.75 Å². The van der Waals surface area contributed by atoms with Gasteiger partial charge in [0.15, 0.2) is 5.79 Å². The number of rotatable bonds is 7. The predicted molar refractivity (Wildman–Crippen MR) is 111 cm³/mol. The lowest BCUT2D eigenvalue weighted by Crippen LogP contribution is -2.65. The van der Waals surface area contributed by atoms with Crippen LogP contribution in [0.15, 0.2) is 24.3 Å². The van der Waals surface area contributed by atoms with Gasteiger partial charge >= 0.3 is 0 Å². The number of piperidine rings is 1. The van der Waals surface area contributed by atoms with Gasteiger partial charge in [-0.25, -0.2) is 0 Å². The lowest BCUT2D eigenvalue weighted by molar-refractivity contribution is -0.351. The Morgan fingerprint density at radius 3 is 2.23 bits per heavy atom. The van der Waals surface area contributed by atoms with Gasteiger partial charge in [0.2, 0.25) is 0 Å². The van der Waals surface area contributed by atoms with E-state index in [1.807, 2.05) is 24.3 Å². The summed E-state index contributed by atoms with van der Waals surface area (Å²) in [4.78, 5) is 6.52. The summed E-state index contributed by atoms with van der Waals surface area (Å²) < 4.78 is 23.1. The third kappa shape index (κ3) is 4.66. The maximum Gasteiger partial charge on any atom is 0.172 e. The molecule has 0 aromatic heterocycles. The number of hydrogen-bond donors (Lipinski definition) is 1. The van der Waals surface area contributed by atoms with E-state index in [0.29, 0.717) is 26.1 Å². The highest BCUT2D eigenvalue weighted by atomic mass is 16.8. The highest BCUT2D eigenvalue weighted by molar-refractivity contribution is 5.28. The third-order valence-corrected chi connectivity index (χ3v) is 6.07. The Hall–Kier alpha value is -1.22. The molecule has 4 rings (SSSR count). The van der Waals surface area contributed by atoms with Crippen molar-refractivity contribution in [2.75, 3.05) is 26.4 Å². The molecular formula is C23H35NO6. The van der Waals surface area contributed by atoms with Gasteiger partial charge in [0.05, 0.1) is 19.8 Å². The number of hydroxylamine groups is 2. The average molecular weight is 422 g/mol. The SMILES string of the molecule is CC(ON1C(C)(C)CC2(CC1(C)C)OCC(CO)O2)c1ccc(OCC2CO2)cc1. The molecule has 30 heavy (non-hydrogen) atoms. The number of aliphatic hydroxyl groups is 1. The molecule has 7 nitrogen and oxygen atoms in total. The Kier molecular flexibility index (Phi) is 5.89. The van der Waals surface area contributed by atoms with Crippen molar-refractivity contribution in [3.63, 3.8) is 0 Å². The third-order valence-electron chi connectivity index (χ3n) is 6.07. The van der Waals surface area contributed by atoms with E-state index in [1.165, 1.54) is 0 Å². The van der Waals surface area contributed by atoms with Gasteiger partial charge in [-0.15, -0.1) is 0 Å². The molecule has 3 aliphatic rings. The first-order valence-electron chi connectivity index (χ1n) is 10.9. The summed E-state index contributed by atoms with van der Waals surface area (Å²) in [6.07, 6.45) is 1.22. The van der Waals surface area contributed by atoms with Gasteiger partial charge in [0, 0.05) is 23.9 Å². The molecule has 1 N–H and O–H groups in total. The number of benzene rings is 1. The summed E-state index contributed by atoms with van der Waals surface area (Å²) in [5.74, 6) is 0.171. The summed E-state index contributed by atoms with van der Waals surface area (Å²) in [6.45, 7) is 12.5. The second-order valence-electron chi connectivity index (χ2n) is 10.00. The number of hydrogen-bond acceptors (Lipinski definition) is 7. The largest absolute Gasteiger partial charge is 0.491 e. The van der Waals surface area contributed by atoms with Crippen molar-refractivity contribution in [1.82, 2.24) is 5.06 Å². The quantitative estimate of drug-likeness (QED) is 0.678. The topological polar surface area (TPSA) is 72.9 Å². The molecule has 7 heteroatoms. The summed E-state index contributed by atoms with van der Waals surface area (Å²) >= 11 is 0. The van der Waals surface area contributed by atoms with Crippen LogP contribution in [0.25, 0.3) is 0 Å². The van der Waals surface area contributed by atoms with Crippen molar-refractivity contribution in [3.05, 3.63) is 29.8 Å². The van der Waals surface area contributed by atoms with Crippen molar-refractivity contribution in [2.45, 2.75) is 82.6 Å². The standard InChI is InChI=1S/C23H35NO6/c1-16(17-6-8-18(9-7-17)26-11-20-12-27-20)30-24-21(2,3)14-23(15-22(24,4)5)28-13-19(10-25)29-23/h6-9,16,19-20,25H,10-15H2,1-5H3. The molecule has 0 bridgehead atoms. The first-order chi connectivity index (χ1) is 14.1. The smallest absolute Gasteiger partial charge is 0.172 e. The van der Waals surface area contributed by atoms with E-state index < -0.39 is 5.79 Å². The Morgan fingerprint density at radius 2 is 1.70 bits per heavy atom. The minimum Gasteiger partial charge on any atom is -0.491 e. The van der Waals surface area contributed by atoms with Gasteiger partial charge in [-0.05, 0) is 52.3 Å². The molecule has 0 saturated carbocycles. The summed E-state index contributed by atoms with van der Waals surface area (Å²) in [7, 11) is 0. The lowest BCUT2D eigenvalue weighted by Gasteiger charge is -2.56. The highest BCUT2D eigenvalue weighted by Gasteiger charge is 2.57. The van der Waals surface area contributed by atoms with E-state index in [4.69, 9.17) is 23.8 Å². The van der Waals surface area contributed by atoms with Crippen LogP contribution in [0.3, 0.4) is 0 Å². The minimum atomic E-state index is -0.673. The maximum absolute atomic E-state index is 9.47. The van der Waals surface area contributed by atoms with Crippen LogP contribution in [-0.2, 0) is 19.0 Å². The number of ether oxygens (including phenoxy) is 4. The van der Waals surface area contributed by atoms with Gasteiger partial charge in [-0.1, -0.05) is 12.1 Å². The van der Waals surface area contributed by atoms with Crippen LogP contribution in [0.1, 0.15) is 59.1 Å². The Balaban J connectivity index is 1.42. The summed E-state index contributed by atoms with van der Waals surface area (Å²) in [5.41, 5.74) is 0.465. The number of aliphatic hydroxyl groups excluding tert-OH is 1. The molecule has 3 saturated heterocycles. The van der Waals surface area contributed by atoms with E-state index in [-0.39, 0.29) is 36.0 Å². The second-order valence-corrected chi connectivity index (χ2v) is 10.00. The van der Waals surface area contributed by atoms with Gasteiger partial charge in [-0.2, -0.15) is 5.06 Å². The van der Waals surface area contributed by atoms with Crippen molar-refractivity contribution in [2.24, 2.45) is 0 Å². The molecule has 3 aliphatic heterocycles. The first kappa shape index (κ1) is 22.0. The number of nitrogens with zero attached hydrogens (tertiary/aromatic N) is 1. The van der Waals surface area contributed by atoms with E-state index in [2.05, 4.69) is 39.7 Å². The lowest BCUT2D eigenvalue weighted by atomic mass is 9.78. The van der Waals surface area contributed by atoms with Crippen LogP contribution in [0, 0.1) is 0 Å². The molecule has 3 unspecified atom stereocenters. The molecule has 3 fully saturated rings. The molecule has 1 aromatic rings. The zero-order valence-electron chi connectivity index (χ0n) is 18.7. The normalized spacial score (nSPS) is 30.3. The molecule has 3 heterocycles. The van der Waals surface area contributed by atoms with Crippen LogP contribution < -0.4 is 4.74 Å². The van der Waals surface area contributed by atoms with Gasteiger partial charge < -0.3 is 24.1 Å². The molecule has 0 amide bonds. The zero-order chi connectivity index (χ0) is 21.6. The van der Waals surface area contributed by atoms with Crippen molar-refractivity contribution >= 4 is 0 Å². The fourth-order valence-electron chi connectivity index (χ4n) is 4.93. The first-order valence-corrected chi connectivity index (χ1v) is 10.9. The molecule has 168 valence electrons. The fraction of sp³-hybridized carbons (Fsp3) is 0.739.